The van der Waals surface area contributed by atoms with Crippen LogP contribution in [-0.2, 0) is 19.6 Å². The zero-order chi connectivity index (χ0) is 21.9. The average molecular weight is 429 g/mol. The first-order valence-corrected chi connectivity index (χ1v) is 11.1. The lowest BCUT2D eigenvalue weighted by Crippen LogP contribution is -2.35. The number of carbonyl (C=O) groups is 2. The molecular weight excluding hydrogens is 404 g/mol. The third-order valence-corrected chi connectivity index (χ3v) is 6.14. The van der Waals surface area contributed by atoms with Crippen LogP contribution in [0.1, 0.15) is 44.4 Å². The van der Waals surface area contributed by atoms with Crippen LogP contribution in [0.3, 0.4) is 0 Å². The van der Waals surface area contributed by atoms with Gasteiger partial charge in [-0.25, -0.2) is 8.42 Å². The third-order valence-electron chi connectivity index (χ3n) is 4.74. The van der Waals surface area contributed by atoms with Crippen LogP contribution >= 0.6 is 0 Å². The van der Waals surface area contributed by atoms with Gasteiger partial charge in [0.15, 0.2) is 0 Å². The number of hydrogen-bond donors (Lipinski definition) is 3. The Morgan fingerprint density at radius 1 is 1.07 bits per heavy atom. The summed E-state index contributed by atoms with van der Waals surface area (Å²) >= 11 is 0. The molecule has 2 aromatic carbocycles. The van der Waals surface area contributed by atoms with Gasteiger partial charge in [0, 0.05) is 17.7 Å². The van der Waals surface area contributed by atoms with Gasteiger partial charge >= 0.3 is 0 Å². The zero-order valence-corrected chi connectivity index (χ0v) is 17.8. The fourth-order valence-electron chi connectivity index (χ4n) is 3.00. The largest absolute Gasteiger partial charge is 0.348 e. The van der Waals surface area contributed by atoms with E-state index in [2.05, 4.69) is 20.3 Å². The van der Waals surface area contributed by atoms with Crippen LogP contribution in [0.2, 0.25) is 0 Å². The van der Waals surface area contributed by atoms with Crippen molar-refractivity contribution in [3.63, 3.8) is 0 Å². The van der Waals surface area contributed by atoms with Gasteiger partial charge in [0.1, 0.15) is 11.9 Å². The first-order valence-electron chi connectivity index (χ1n) is 9.61. The van der Waals surface area contributed by atoms with Gasteiger partial charge in [0.2, 0.25) is 11.8 Å². The quantitative estimate of drug-likeness (QED) is 0.655. The normalized spacial score (nSPS) is 17.5. The fraction of sp³-hybridized carbons (Fsp3) is 0.286. The number of hydrogen-bond acceptors (Lipinski definition) is 5. The highest BCUT2D eigenvalue weighted by Crippen LogP contribution is 2.23. The summed E-state index contributed by atoms with van der Waals surface area (Å²) in [6.07, 6.45) is 0.398. The van der Waals surface area contributed by atoms with Crippen LogP contribution in [0.25, 0.3) is 0 Å². The van der Waals surface area contributed by atoms with Crippen LogP contribution in [0.15, 0.2) is 58.4 Å². The maximum atomic E-state index is 12.6. The predicted octanol–water partition coefficient (Wildman–Crippen LogP) is 2.34. The van der Waals surface area contributed by atoms with E-state index in [-0.39, 0.29) is 28.6 Å². The molecule has 2 aromatic rings. The minimum Gasteiger partial charge on any atom is -0.348 e. The van der Waals surface area contributed by atoms with E-state index in [1.807, 2.05) is 19.1 Å². The van der Waals surface area contributed by atoms with Gasteiger partial charge in [-0.3, -0.25) is 19.3 Å². The van der Waals surface area contributed by atoms with E-state index in [4.69, 9.17) is 0 Å². The minimum absolute atomic E-state index is 0.0684. The van der Waals surface area contributed by atoms with Crippen molar-refractivity contribution in [3.8, 4) is 0 Å². The van der Waals surface area contributed by atoms with Crippen molar-refractivity contribution < 1.29 is 18.0 Å². The molecule has 0 radical (unpaired) electrons. The van der Waals surface area contributed by atoms with Crippen LogP contribution in [0.5, 0.6) is 0 Å². The van der Waals surface area contributed by atoms with Crippen molar-refractivity contribution in [2.75, 3.05) is 5.32 Å². The van der Waals surface area contributed by atoms with Crippen molar-refractivity contribution in [2.45, 2.75) is 44.2 Å². The molecule has 0 fully saturated rings. The first kappa shape index (κ1) is 21.5. The van der Waals surface area contributed by atoms with Gasteiger partial charge < -0.3 is 10.6 Å². The number of aliphatic imine (C=N–C) groups is 1. The van der Waals surface area contributed by atoms with E-state index < -0.39 is 16.1 Å². The maximum Gasteiger partial charge on any atom is 0.263 e. The SMILES string of the molecule is CCC(=O)Nc1ccc(C(C)NC(=O)[C@H](C)N=C2NS(=O)(=O)c3ccccc32)cc1. The van der Waals surface area contributed by atoms with Crippen LogP contribution in [-0.4, -0.2) is 32.1 Å². The maximum absolute atomic E-state index is 12.6. The lowest BCUT2D eigenvalue weighted by molar-refractivity contribution is -0.122. The molecular formula is C21H24N4O4S. The van der Waals surface area contributed by atoms with E-state index in [9.17, 15) is 18.0 Å². The second-order valence-corrected chi connectivity index (χ2v) is 8.66. The molecule has 0 aromatic heterocycles. The Bertz CT molecular complexity index is 1090. The molecule has 3 rings (SSSR count). The van der Waals surface area contributed by atoms with E-state index in [0.717, 1.165) is 5.56 Å². The van der Waals surface area contributed by atoms with Gasteiger partial charge in [0.05, 0.1) is 10.9 Å². The van der Waals surface area contributed by atoms with E-state index >= 15 is 0 Å². The molecule has 158 valence electrons. The molecule has 9 heteroatoms. The van der Waals surface area contributed by atoms with E-state index in [0.29, 0.717) is 17.7 Å². The molecule has 1 aliphatic rings. The lowest BCUT2D eigenvalue weighted by atomic mass is 10.1. The second kappa shape index (κ2) is 8.66. The Morgan fingerprint density at radius 2 is 1.73 bits per heavy atom. The van der Waals surface area contributed by atoms with Crippen LogP contribution in [0.4, 0.5) is 5.69 Å². The first-order chi connectivity index (χ1) is 14.2. The fourth-order valence-corrected chi connectivity index (χ4v) is 4.24. The number of rotatable bonds is 6. The number of nitrogens with zero attached hydrogens (tertiary/aromatic N) is 1. The molecule has 0 spiro atoms. The molecule has 0 bridgehead atoms. The van der Waals surface area contributed by atoms with Crippen molar-refractivity contribution in [2.24, 2.45) is 4.99 Å². The number of amidine groups is 1. The molecule has 2 atom stereocenters. The molecule has 1 aliphatic heterocycles. The number of amides is 2. The summed E-state index contributed by atoms with van der Waals surface area (Å²) in [4.78, 5) is 28.5. The topological polar surface area (TPSA) is 117 Å². The minimum atomic E-state index is -3.65. The number of benzene rings is 2. The van der Waals surface area contributed by atoms with Gasteiger partial charge in [-0.05, 0) is 43.7 Å². The number of carbonyl (C=O) groups excluding carboxylic acids is 2. The molecule has 30 heavy (non-hydrogen) atoms. The Labute approximate surface area is 175 Å². The summed E-state index contributed by atoms with van der Waals surface area (Å²) in [5, 5.41) is 5.65. The highest BCUT2D eigenvalue weighted by molar-refractivity contribution is 7.90. The summed E-state index contributed by atoms with van der Waals surface area (Å²) in [5.41, 5.74) is 2.01. The van der Waals surface area contributed by atoms with Crippen molar-refractivity contribution >= 4 is 33.4 Å². The molecule has 0 saturated heterocycles. The van der Waals surface area contributed by atoms with E-state index in [1.54, 1.807) is 44.2 Å². The lowest BCUT2D eigenvalue weighted by Gasteiger charge is -2.17. The van der Waals surface area contributed by atoms with Crippen LogP contribution < -0.4 is 15.4 Å². The molecule has 1 heterocycles. The highest BCUT2D eigenvalue weighted by Gasteiger charge is 2.31. The highest BCUT2D eigenvalue weighted by atomic mass is 32.2. The summed E-state index contributed by atoms with van der Waals surface area (Å²) in [6.45, 7) is 5.22. The predicted molar refractivity (Wildman–Crippen MR) is 115 cm³/mol. The monoisotopic (exact) mass is 428 g/mol. The summed E-state index contributed by atoms with van der Waals surface area (Å²) in [6, 6.07) is 12.6. The number of sulfonamides is 1. The molecule has 0 saturated carbocycles. The standard InChI is InChI=1S/C21H24N4O4S/c1-4-19(26)24-16-11-9-15(10-12-16)13(2)23-21(27)14(3)22-20-17-7-5-6-8-18(17)30(28,29)25-20/h5-14H,4H2,1-3H3,(H,22,25)(H,23,27)(H,24,26)/t13?,14-/m0/s1. The Hall–Kier alpha value is -3.20. The molecule has 3 N–H and O–H groups in total. The van der Waals surface area contributed by atoms with Crippen molar-refractivity contribution in [1.29, 1.82) is 0 Å². The van der Waals surface area contributed by atoms with Gasteiger partial charge in [0.25, 0.3) is 10.0 Å². The Kier molecular flexibility index (Phi) is 6.21. The van der Waals surface area contributed by atoms with E-state index in [1.165, 1.54) is 6.07 Å². The average Bonchev–Trinajstić information content (AvgIpc) is 2.98. The van der Waals surface area contributed by atoms with Gasteiger partial charge in [-0.15, -0.1) is 0 Å². The summed E-state index contributed by atoms with van der Waals surface area (Å²) < 4.78 is 26.7. The summed E-state index contributed by atoms with van der Waals surface area (Å²) in [5.74, 6) is -0.236. The number of fused-ring (bicyclic) bond motifs is 1. The number of anilines is 1. The third kappa shape index (κ3) is 4.68. The van der Waals surface area contributed by atoms with Crippen molar-refractivity contribution in [3.05, 3.63) is 59.7 Å². The molecule has 8 nitrogen and oxygen atoms in total. The zero-order valence-electron chi connectivity index (χ0n) is 17.0. The van der Waals surface area contributed by atoms with Crippen LogP contribution in [0, 0.1) is 0 Å². The molecule has 2 amide bonds. The van der Waals surface area contributed by atoms with Gasteiger partial charge in [-0.2, -0.15) is 0 Å². The number of nitrogens with one attached hydrogen (secondary N) is 3. The summed E-state index contributed by atoms with van der Waals surface area (Å²) in [7, 11) is -3.65. The smallest absolute Gasteiger partial charge is 0.263 e. The second-order valence-electron chi connectivity index (χ2n) is 7.01. The Balaban J connectivity index is 1.67. The van der Waals surface area contributed by atoms with Crippen molar-refractivity contribution in [1.82, 2.24) is 10.0 Å². The molecule has 0 aliphatic carbocycles. The Morgan fingerprint density at radius 3 is 2.40 bits per heavy atom. The van der Waals surface area contributed by atoms with Gasteiger partial charge in [-0.1, -0.05) is 31.2 Å². The molecule has 1 unspecified atom stereocenters.